The molecule has 0 radical (unpaired) electrons. The second kappa shape index (κ2) is 8.04. The molecule has 0 aliphatic carbocycles. The topological polar surface area (TPSA) is 83.5 Å². The van der Waals surface area contributed by atoms with Gasteiger partial charge < -0.3 is 10.4 Å². The summed E-state index contributed by atoms with van der Waals surface area (Å²) in [6, 6.07) is 20.2. The van der Waals surface area contributed by atoms with E-state index in [9.17, 15) is 9.90 Å². The monoisotopic (exact) mass is 373 g/mol. The average molecular weight is 373 g/mol. The number of hydrogen-bond donors (Lipinski definition) is 3. The van der Waals surface area contributed by atoms with E-state index in [2.05, 4.69) is 15.8 Å². The summed E-state index contributed by atoms with van der Waals surface area (Å²) in [5.41, 5.74) is 6.89. The number of carbonyl (C=O) groups excluding carboxylic acids is 1. The maximum atomic E-state index is 12.7. The third-order valence-electron chi connectivity index (χ3n) is 4.52. The lowest BCUT2D eigenvalue weighted by atomic mass is 10.0. The maximum Gasteiger partial charge on any atom is 0.256 e. The third kappa shape index (κ3) is 3.78. The van der Waals surface area contributed by atoms with Gasteiger partial charge in [0.1, 0.15) is 12.7 Å². The number of rotatable bonds is 5. The Morgan fingerprint density at radius 1 is 1.04 bits per heavy atom. The summed E-state index contributed by atoms with van der Waals surface area (Å²) < 4.78 is 0. The first-order valence-corrected chi connectivity index (χ1v) is 8.88. The van der Waals surface area contributed by atoms with Crippen LogP contribution in [0.5, 0.6) is 0 Å². The number of aliphatic hydroxyl groups is 1. The Bertz CT molecular complexity index is 987. The SMILES string of the molecule is O=C(Nc1ccc(C(O)c2ccccc2)cc1)C1=C(c2cccnc2)NOC1. The molecule has 0 saturated carbocycles. The van der Waals surface area contributed by atoms with Gasteiger partial charge in [-0.3, -0.25) is 20.1 Å². The van der Waals surface area contributed by atoms with Crippen LogP contribution in [0.4, 0.5) is 5.69 Å². The highest BCUT2D eigenvalue weighted by atomic mass is 16.6. The Morgan fingerprint density at radius 3 is 2.50 bits per heavy atom. The van der Waals surface area contributed by atoms with Gasteiger partial charge in [0.05, 0.1) is 11.3 Å². The lowest BCUT2D eigenvalue weighted by Crippen LogP contribution is -2.16. The molecule has 3 N–H and O–H groups in total. The van der Waals surface area contributed by atoms with Gasteiger partial charge >= 0.3 is 0 Å². The summed E-state index contributed by atoms with van der Waals surface area (Å²) in [5.74, 6) is -0.250. The summed E-state index contributed by atoms with van der Waals surface area (Å²) in [6.45, 7) is 0.168. The van der Waals surface area contributed by atoms with Crippen LogP contribution in [-0.2, 0) is 9.63 Å². The molecule has 28 heavy (non-hydrogen) atoms. The van der Waals surface area contributed by atoms with Gasteiger partial charge in [-0.1, -0.05) is 42.5 Å². The number of amides is 1. The largest absolute Gasteiger partial charge is 0.384 e. The smallest absolute Gasteiger partial charge is 0.256 e. The quantitative estimate of drug-likeness (QED) is 0.640. The number of aliphatic hydroxyl groups excluding tert-OH is 1. The molecule has 6 nitrogen and oxygen atoms in total. The molecular formula is C22H19N3O3. The molecule has 0 fully saturated rings. The van der Waals surface area contributed by atoms with Crippen molar-refractivity contribution in [3.05, 3.63) is 101 Å². The highest BCUT2D eigenvalue weighted by molar-refractivity contribution is 6.09. The molecule has 2 aromatic carbocycles. The number of carbonyl (C=O) groups is 1. The van der Waals surface area contributed by atoms with Gasteiger partial charge in [-0.15, -0.1) is 0 Å². The Morgan fingerprint density at radius 2 is 1.79 bits per heavy atom. The zero-order chi connectivity index (χ0) is 19.3. The first-order chi connectivity index (χ1) is 13.7. The second-order valence-electron chi connectivity index (χ2n) is 6.38. The van der Waals surface area contributed by atoms with E-state index in [1.807, 2.05) is 36.4 Å². The highest BCUT2D eigenvalue weighted by Crippen LogP contribution is 2.24. The molecule has 4 rings (SSSR count). The molecule has 2 heterocycles. The molecule has 140 valence electrons. The molecule has 0 spiro atoms. The van der Waals surface area contributed by atoms with E-state index in [0.29, 0.717) is 17.0 Å². The van der Waals surface area contributed by atoms with Crippen LogP contribution >= 0.6 is 0 Å². The van der Waals surface area contributed by atoms with E-state index >= 15 is 0 Å². The standard InChI is InChI=1S/C22H19N3O3/c26-21(15-5-2-1-3-6-15)16-8-10-18(11-9-16)24-22(27)19-14-28-25-20(19)17-7-4-12-23-13-17/h1-13,21,25-26H,14H2,(H,24,27). The minimum absolute atomic E-state index is 0.168. The summed E-state index contributed by atoms with van der Waals surface area (Å²) in [6.07, 6.45) is 2.63. The van der Waals surface area contributed by atoms with Crippen LogP contribution in [0.25, 0.3) is 5.70 Å². The van der Waals surface area contributed by atoms with Crippen molar-refractivity contribution in [3.8, 4) is 0 Å². The second-order valence-corrected chi connectivity index (χ2v) is 6.38. The minimum atomic E-state index is -0.710. The number of hydroxylamine groups is 1. The van der Waals surface area contributed by atoms with Crippen molar-refractivity contribution in [2.24, 2.45) is 0 Å². The molecule has 0 saturated heterocycles. The van der Waals surface area contributed by atoms with Gasteiger partial charge in [0, 0.05) is 23.6 Å². The summed E-state index contributed by atoms with van der Waals surface area (Å²) >= 11 is 0. The van der Waals surface area contributed by atoms with Crippen molar-refractivity contribution in [2.75, 3.05) is 11.9 Å². The van der Waals surface area contributed by atoms with E-state index in [-0.39, 0.29) is 12.5 Å². The average Bonchev–Trinajstić information content (AvgIpc) is 3.25. The summed E-state index contributed by atoms with van der Waals surface area (Å²) in [5, 5.41) is 13.3. The molecule has 1 aliphatic rings. The lowest BCUT2D eigenvalue weighted by molar-refractivity contribution is -0.113. The fourth-order valence-electron chi connectivity index (χ4n) is 3.02. The maximum absolute atomic E-state index is 12.7. The van der Waals surface area contributed by atoms with Crippen LogP contribution in [0.3, 0.4) is 0 Å². The van der Waals surface area contributed by atoms with Crippen LogP contribution in [0.15, 0.2) is 84.7 Å². The minimum Gasteiger partial charge on any atom is -0.384 e. The van der Waals surface area contributed by atoms with Crippen LogP contribution in [0, 0.1) is 0 Å². The van der Waals surface area contributed by atoms with Gasteiger partial charge in [0.25, 0.3) is 5.91 Å². The molecule has 6 heteroatoms. The zero-order valence-corrected chi connectivity index (χ0v) is 15.0. The van der Waals surface area contributed by atoms with E-state index in [1.165, 1.54) is 0 Å². The Labute approximate surface area is 162 Å². The first kappa shape index (κ1) is 17.9. The van der Waals surface area contributed by atoms with Crippen molar-refractivity contribution in [1.29, 1.82) is 0 Å². The zero-order valence-electron chi connectivity index (χ0n) is 15.0. The van der Waals surface area contributed by atoms with E-state index in [4.69, 9.17) is 4.84 Å². The number of benzene rings is 2. The predicted octanol–water partition coefficient (Wildman–Crippen LogP) is 3.05. The predicted molar refractivity (Wildman–Crippen MR) is 106 cm³/mol. The number of hydrogen-bond acceptors (Lipinski definition) is 5. The number of pyridine rings is 1. The van der Waals surface area contributed by atoms with Gasteiger partial charge in [0.2, 0.25) is 0 Å². The van der Waals surface area contributed by atoms with Gasteiger partial charge in [-0.25, -0.2) is 0 Å². The number of nitrogens with zero attached hydrogens (tertiary/aromatic N) is 1. The molecule has 1 aromatic heterocycles. The van der Waals surface area contributed by atoms with E-state index in [0.717, 1.165) is 16.7 Å². The lowest BCUT2D eigenvalue weighted by Gasteiger charge is -2.12. The van der Waals surface area contributed by atoms with E-state index < -0.39 is 6.10 Å². The third-order valence-corrected chi connectivity index (χ3v) is 4.52. The van der Waals surface area contributed by atoms with E-state index in [1.54, 1.807) is 42.7 Å². The number of anilines is 1. The van der Waals surface area contributed by atoms with Crippen LogP contribution in [0.2, 0.25) is 0 Å². The summed E-state index contributed by atoms with van der Waals surface area (Å²) in [4.78, 5) is 22.0. The fourth-order valence-corrected chi connectivity index (χ4v) is 3.02. The van der Waals surface area contributed by atoms with Gasteiger partial charge in [-0.2, -0.15) is 0 Å². The first-order valence-electron chi connectivity index (χ1n) is 8.88. The van der Waals surface area contributed by atoms with Crippen LogP contribution in [0.1, 0.15) is 22.8 Å². The van der Waals surface area contributed by atoms with Gasteiger partial charge in [-0.05, 0) is 35.4 Å². The van der Waals surface area contributed by atoms with Crippen molar-refractivity contribution in [3.63, 3.8) is 0 Å². The van der Waals surface area contributed by atoms with Crippen molar-refractivity contribution in [1.82, 2.24) is 10.5 Å². The number of nitrogens with one attached hydrogen (secondary N) is 2. The van der Waals surface area contributed by atoms with Crippen LogP contribution < -0.4 is 10.8 Å². The van der Waals surface area contributed by atoms with Crippen molar-refractivity contribution < 1.29 is 14.7 Å². The molecular weight excluding hydrogens is 354 g/mol. The fraction of sp³-hybridized carbons (Fsp3) is 0.0909. The number of aromatic nitrogens is 1. The Kier molecular flexibility index (Phi) is 5.14. The molecule has 1 atom stereocenters. The molecule has 1 unspecified atom stereocenters. The summed E-state index contributed by atoms with van der Waals surface area (Å²) in [7, 11) is 0. The Hall–Kier alpha value is -3.48. The highest BCUT2D eigenvalue weighted by Gasteiger charge is 2.23. The normalized spacial score (nSPS) is 14.5. The van der Waals surface area contributed by atoms with Gasteiger partial charge in [0.15, 0.2) is 0 Å². The van der Waals surface area contributed by atoms with Crippen molar-refractivity contribution in [2.45, 2.75) is 6.10 Å². The molecule has 0 bridgehead atoms. The van der Waals surface area contributed by atoms with Crippen LogP contribution in [-0.4, -0.2) is 22.6 Å². The molecule has 3 aromatic rings. The Balaban J connectivity index is 1.49. The molecule has 1 amide bonds. The molecule has 1 aliphatic heterocycles. The van der Waals surface area contributed by atoms with Crippen molar-refractivity contribution >= 4 is 17.3 Å².